The molecule has 0 heterocycles. The fourth-order valence-corrected chi connectivity index (χ4v) is 1.98. The normalized spacial score (nSPS) is 14.2. The lowest BCUT2D eigenvalue weighted by atomic mass is 9.95. The summed E-state index contributed by atoms with van der Waals surface area (Å²) >= 11 is 6.29. The number of allylic oxidation sites excluding steroid dienone is 1. The highest BCUT2D eigenvalue weighted by Gasteiger charge is 2.18. The fourth-order valence-electron chi connectivity index (χ4n) is 1.77. The number of alkyl halides is 1. The second-order valence-corrected chi connectivity index (χ2v) is 4.86. The molecule has 0 spiro atoms. The van der Waals surface area contributed by atoms with Crippen molar-refractivity contribution >= 4 is 17.6 Å². The van der Waals surface area contributed by atoms with Crippen LogP contribution in [0.25, 0.3) is 0 Å². The summed E-state index contributed by atoms with van der Waals surface area (Å²) in [5.41, 5.74) is 2.15. The topological polar surface area (TPSA) is 35.5 Å². The molecule has 1 rings (SSSR count). The van der Waals surface area contributed by atoms with Gasteiger partial charge in [0.05, 0.1) is 19.6 Å². The van der Waals surface area contributed by atoms with Crippen LogP contribution in [-0.2, 0) is 9.53 Å². The average molecular weight is 283 g/mol. The van der Waals surface area contributed by atoms with E-state index in [9.17, 15) is 4.79 Å². The molecular formula is C15H19ClO3. The molecule has 0 radical (unpaired) electrons. The van der Waals surface area contributed by atoms with Crippen molar-refractivity contribution in [3.05, 3.63) is 41.5 Å². The number of methoxy groups -OCH3 is 2. The molecule has 1 aromatic carbocycles. The maximum absolute atomic E-state index is 11.1. The standard InChI is InChI=1S/C15H19ClO3/c1-10-5-6-12(14(9-10)18-3)11(2)13(16)7-8-15(17)19-4/h5-9,11,13H,1-4H3/b8-7+/t11-,13-/m0/s1. The zero-order chi connectivity index (χ0) is 14.4. The molecule has 0 aromatic heterocycles. The molecule has 2 atom stereocenters. The number of aryl methyl sites for hydroxylation is 1. The van der Waals surface area contributed by atoms with Crippen LogP contribution >= 0.6 is 11.6 Å². The van der Waals surface area contributed by atoms with Gasteiger partial charge in [0.25, 0.3) is 0 Å². The highest BCUT2D eigenvalue weighted by atomic mass is 35.5. The molecule has 0 N–H and O–H groups in total. The predicted molar refractivity (Wildman–Crippen MR) is 76.9 cm³/mol. The van der Waals surface area contributed by atoms with Crippen molar-refractivity contribution in [1.29, 1.82) is 0 Å². The summed E-state index contributed by atoms with van der Waals surface area (Å²) in [5, 5.41) is -0.310. The van der Waals surface area contributed by atoms with Gasteiger partial charge >= 0.3 is 5.97 Å². The van der Waals surface area contributed by atoms with Crippen LogP contribution in [0, 0.1) is 6.92 Å². The lowest BCUT2D eigenvalue weighted by Crippen LogP contribution is -2.09. The van der Waals surface area contributed by atoms with E-state index in [0.29, 0.717) is 0 Å². The van der Waals surface area contributed by atoms with Gasteiger partial charge in [-0.1, -0.05) is 25.1 Å². The van der Waals surface area contributed by atoms with Crippen molar-refractivity contribution in [1.82, 2.24) is 0 Å². The van der Waals surface area contributed by atoms with Gasteiger partial charge in [-0.2, -0.15) is 0 Å². The van der Waals surface area contributed by atoms with Gasteiger partial charge in [0, 0.05) is 12.0 Å². The van der Waals surface area contributed by atoms with Gasteiger partial charge in [0.1, 0.15) is 5.75 Å². The van der Waals surface area contributed by atoms with Crippen LogP contribution in [0.15, 0.2) is 30.4 Å². The van der Waals surface area contributed by atoms with Gasteiger partial charge in [-0.25, -0.2) is 4.79 Å². The van der Waals surface area contributed by atoms with E-state index in [2.05, 4.69) is 4.74 Å². The Bertz CT molecular complexity index is 468. The molecule has 0 saturated carbocycles. The van der Waals surface area contributed by atoms with Crippen molar-refractivity contribution in [3.8, 4) is 5.75 Å². The van der Waals surface area contributed by atoms with Crippen LogP contribution in [0.2, 0.25) is 0 Å². The summed E-state index contributed by atoms with van der Waals surface area (Å²) in [6, 6.07) is 5.99. The lowest BCUT2D eigenvalue weighted by molar-refractivity contribution is -0.134. The van der Waals surface area contributed by atoms with Gasteiger partial charge in [-0.15, -0.1) is 11.6 Å². The van der Waals surface area contributed by atoms with E-state index in [4.69, 9.17) is 16.3 Å². The molecule has 0 aliphatic rings. The summed E-state index contributed by atoms with van der Waals surface area (Å²) in [6.45, 7) is 4.00. The monoisotopic (exact) mass is 282 g/mol. The number of carbonyl (C=O) groups is 1. The number of carbonyl (C=O) groups excluding carboxylic acids is 1. The van der Waals surface area contributed by atoms with Crippen molar-refractivity contribution in [2.45, 2.75) is 25.1 Å². The Morgan fingerprint density at radius 3 is 2.63 bits per heavy atom. The first kappa shape index (κ1) is 15.6. The Labute approximate surface area is 119 Å². The number of rotatable bonds is 5. The Balaban J connectivity index is 2.90. The minimum absolute atomic E-state index is 0.0260. The predicted octanol–water partition coefficient (Wildman–Crippen LogP) is 3.44. The lowest BCUT2D eigenvalue weighted by Gasteiger charge is -2.18. The molecule has 4 heteroatoms. The van der Waals surface area contributed by atoms with Crippen LogP contribution in [0.1, 0.15) is 24.0 Å². The Hall–Kier alpha value is -1.48. The Morgan fingerprint density at radius 1 is 1.37 bits per heavy atom. The number of halogens is 1. The Morgan fingerprint density at radius 2 is 2.05 bits per heavy atom. The molecule has 0 aliphatic heterocycles. The summed E-state index contributed by atoms with van der Waals surface area (Å²) in [5.74, 6) is 0.427. The molecule has 3 nitrogen and oxygen atoms in total. The maximum Gasteiger partial charge on any atom is 0.330 e. The van der Waals surface area contributed by atoms with Crippen LogP contribution in [0.5, 0.6) is 5.75 Å². The fraction of sp³-hybridized carbons (Fsp3) is 0.400. The van der Waals surface area contributed by atoms with Crippen LogP contribution < -0.4 is 4.74 Å². The third-order valence-electron chi connectivity index (χ3n) is 2.97. The van der Waals surface area contributed by atoms with E-state index < -0.39 is 5.97 Å². The number of benzene rings is 1. The summed E-state index contributed by atoms with van der Waals surface area (Å²) in [6.07, 6.45) is 2.98. The van der Waals surface area contributed by atoms with Gasteiger partial charge in [-0.3, -0.25) is 0 Å². The molecule has 0 fully saturated rings. The first-order chi connectivity index (χ1) is 8.99. The van der Waals surface area contributed by atoms with E-state index in [0.717, 1.165) is 16.9 Å². The van der Waals surface area contributed by atoms with E-state index in [-0.39, 0.29) is 11.3 Å². The second-order valence-electron chi connectivity index (χ2n) is 4.36. The SMILES string of the molecule is COC(=O)/C=C/[C@H](Cl)[C@@H](C)c1ccc(C)cc1OC. The molecule has 19 heavy (non-hydrogen) atoms. The highest BCUT2D eigenvalue weighted by Crippen LogP contribution is 2.32. The molecule has 0 unspecified atom stereocenters. The second kappa shape index (κ2) is 7.19. The maximum atomic E-state index is 11.1. The molecule has 0 aliphatic carbocycles. The quantitative estimate of drug-likeness (QED) is 0.471. The van der Waals surface area contributed by atoms with E-state index in [1.54, 1.807) is 13.2 Å². The number of esters is 1. The average Bonchev–Trinajstić information content (AvgIpc) is 2.43. The number of hydrogen-bond acceptors (Lipinski definition) is 3. The molecular weight excluding hydrogens is 264 g/mol. The van der Waals surface area contributed by atoms with Crippen molar-refractivity contribution < 1.29 is 14.3 Å². The molecule has 1 aromatic rings. The van der Waals surface area contributed by atoms with Crippen molar-refractivity contribution in [2.24, 2.45) is 0 Å². The highest BCUT2D eigenvalue weighted by molar-refractivity contribution is 6.22. The van der Waals surface area contributed by atoms with Crippen molar-refractivity contribution in [3.63, 3.8) is 0 Å². The third-order valence-corrected chi connectivity index (χ3v) is 3.50. The van der Waals surface area contributed by atoms with Crippen LogP contribution in [0.4, 0.5) is 0 Å². The van der Waals surface area contributed by atoms with E-state index >= 15 is 0 Å². The molecule has 104 valence electrons. The largest absolute Gasteiger partial charge is 0.496 e. The van der Waals surface area contributed by atoms with Gasteiger partial charge < -0.3 is 9.47 Å². The van der Waals surface area contributed by atoms with E-state index in [1.165, 1.54) is 13.2 Å². The zero-order valence-electron chi connectivity index (χ0n) is 11.6. The number of hydrogen-bond donors (Lipinski definition) is 0. The van der Waals surface area contributed by atoms with E-state index in [1.807, 2.05) is 32.0 Å². The van der Waals surface area contributed by atoms with Crippen molar-refractivity contribution in [2.75, 3.05) is 14.2 Å². The zero-order valence-corrected chi connectivity index (χ0v) is 12.4. The van der Waals surface area contributed by atoms with Gasteiger partial charge in [-0.05, 0) is 24.1 Å². The van der Waals surface area contributed by atoms with Gasteiger partial charge in [0.15, 0.2) is 0 Å². The first-order valence-corrected chi connectivity index (χ1v) is 6.48. The minimum Gasteiger partial charge on any atom is -0.496 e. The number of ether oxygens (including phenoxy) is 2. The summed E-state index contributed by atoms with van der Waals surface area (Å²) in [7, 11) is 2.97. The molecule has 0 saturated heterocycles. The summed E-state index contributed by atoms with van der Waals surface area (Å²) in [4.78, 5) is 11.1. The smallest absolute Gasteiger partial charge is 0.330 e. The summed E-state index contributed by atoms with van der Waals surface area (Å²) < 4.78 is 9.91. The van der Waals surface area contributed by atoms with Crippen LogP contribution in [0.3, 0.4) is 0 Å². The minimum atomic E-state index is -0.409. The Kier molecular flexibility index (Phi) is 5.90. The third kappa shape index (κ3) is 4.28. The molecule has 0 bridgehead atoms. The first-order valence-electron chi connectivity index (χ1n) is 6.04. The van der Waals surface area contributed by atoms with Gasteiger partial charge in [0.2, 0.25) is 0 Å². The molecule has 0 amide bonds. The van der Waals surface area contributed by atoms with Crippen LogP contribution in [-0.4, -0.2) is 25.6 Å².